The van der Waals surface area contributed by atoms with E-state index in [9.17, 15) is 19.8 Å². The number of esters is 2. The molecule has 0 amide bonds. The van der Waals surface area contributed by atoms with Gasteiger partial charge in [0, 0.05) is 26.0 Å². The highest BCUT2D eigenvalue weighted by atomic mass is 16.5. The minimum absolute atomic E-state index is 0.000173. The van der Waals surface area contributed by atoms with Gasteiger partial charge in [-0.25, -0.2) is 0 Å². The molecule has 0 saturated carbocycles. The molecule has 0 aromatic heterocycles. The predicted molar refractivity (Wildman–Crippen MR) is 252 cm³/mol. The van der Waals surface area contributed by atoms with E-state index in [0.29, 0.717) is 19.4 Å². The lowest BCUT2D eigenvalue weighted by atomic mass is 10.0. The Hall–Kier alpha value is -1.18. The summed E-state index contributed by atoms with van der Waals surface area (Å²) in [6, 6.07) is 0. The van der Waals surface area contributed by atoms with E-state index < -0.39 is 0 Å². The van der Waals surface area contributed by atoms with Gasteiger partial charge in [0.05, 0.1) is 6.10 Å². The van der Waals surface area contributed by atoms with Crippen LogP contribution in [0.25, 0.3) is 0 Å². The molecule has 352 valence electrons. The molecule has 0 aliphatic carbocycles. The number of carbonyl (C=O) groups excluding carboxylic acids is 2. The van der Waals surface area contributed by atoms with Gasteiger partial charge in [-0.2, -0.15) is 0 Å². The summed E-state index contributed by atoms with van der Waals surface area (Å²) >= 11 is 0. The number of aliphatic hydroxyl groups is 2. The second-order valence-electron chi connectivity index (χ2n) is 18.2. The average Bonchev–Trinajstić information content (AvgIpc) is 3.22. The molecule has 0 rings (SSSR count). The van der Waals surface area contributed by atoms with Gasteiger partial charge in [0.25, 0.3) is 0 Å². The average molecular weight is 838 g/mol. The lowest BCUT2D eigenvalue weighted by Crippen LogP contribution is -2.34. The van der Waals surface area contributed by atoms with Crippen molar-refractivity contribution in [1.82, 2.24) is 4.90 Å². The summed E-state index contributed by atoms with van der Waals surface area (Å²) < 4.78 is 12.0. The Morgan fingerprint density at radius 3 is 1.14 bits per heavy atom. The first kappa shape index (κ1) is 57.8. The third-order valence-corrected chi connectivity index (χ3v) is 12.2. The first-order chi connectivity index (χ1) is 28.9. The summed E-state index contributed by atoms with van der Waals surface area (Å²) in [4.78, 5) is 27.9. The molecule has 2 N–H and O–H groups in total. The highest BCUT2D eigenvalue weighted by molar-refractivity contribution is 5.69. The van der Waals surface area contributed by atoms with Crippen LogP contribution in [0.15, 0.2) is 0 Å². The molecular weight excluding hydrogens is 735 g/mol. The van der Waals surface area contributed by atoms with Crippen LogP contribution in [0.4, 0.5) is 0 Å². The normalized spacial score (nSPS) is 12.7. The van der Waals surface area contributed by atoms with E-state index in [-0.39, 0.29) is 36.9 Å². The predicted octanol–water partition coefficient (Wildman–Crippen LogP) is 14.8. The highest BCUT2D eigenvalue weighted by Gasteiger charge is 2.17. The van der Waals surface area contributed by atoms with Gasteiger partial charge < -0.3 is 24.6 Å². The number of ether oxygens (including phenoxy) is 2. The molecule has 7 nitrogen and oxygen atoms in total. The minimum atomic E-state index is -0.364. The van der Waals surface area contributed by atoms with Gasteiger partial charge >= 0.3 is 11.9 Å². The minimum Gasteiger partial charge on any atom is -0.462 e. The monoisotopic (exact) mass is 838 g/mol. The molecule has 0 aromatic carbocycles. The Morgan fingerprint density at radius 2 is 0.712 bits per heavy atom. The van der Waals surface area contributed by atoms with Crippen molar-refractivity contribution in [2.24, 2.45) is 0 Å². The number of nitrogens with zero attached hydrogens (tertiary/aromatic N) is 1. The summed E-state index contributed by atoms with van der Waals surface area (Å²) in [6.07, 6.45) is 42.9. The van der Waals surface area contributed by atoms with E-state index >= 15 is 0 Å². The fourth-order valence-electron chi connectivity index (χ4n) is 8.36. The van der Waals surface area contributed by atoms with Crippen LogP contribution < -0.4 is 0 Å². The molecule has 0 saturated heterocycles. The van der Waals surface area contributed by atoms with Gasteiger partial charge in [-0.15, -0.1) is 0 Å². The molecule has 0 fully saturated rings. The van der Waals surface area contributed by atoms with Crippen molar-refractivity contribution in [3.05, 3.63) is 0 Å². The van der Waals surface area contributed by atoms with Gasteiger partial charge in [-0.3, -0.25) is 9.59 Å². The zero-order valence-electron chi connectivity index (χ0n) is 40.1. The molecular formula is C52H103NO6. The number of hydrogen-bond donors (Lipinski definition) is 2. The van der Waals surface area contributed by atoms with E-state index in [2.05, 4.69) is 32.6 Å². The standard InChI is InChI=1S/C52H103NO6/c1-5-9-13-16-20-29-39-49(38-27-12-8-4)58-52(57)43-33-25-28-37-48(55)47-53(45-35-26-36-46-54)44-34-24-19-23-32-42-51(56)59-50(40-30-21-17-14-10-6-2)41-31-22-18-15-11-7-3/h48-50,54-55H,5-47H2,1-4H3. The van der Waals surface area contributed by atoms with Crippen molar-refractivity contribution in [3.8, 4) is 0 Å². The van der Waals surface area contributed by atoms with E-state index in [4.69, 9.17) is 9.47 Å². The maximum Gasteiger partial charge on any atom is 0.306 e. The maximum atomic E-state index is 12.8. The first-order valence-electron chi connectivity index (χ1n) is 26.3. The summed E-state index contributed by atoms with van der Waals surface area (Å²) in [5, 5.41) is 20.2. The Labute approximate surface area is 367 Å². The first-order valence-corrected chi connectivity index (χ1v) is 26.3. The molecule has 0 aliphatic rings. The molecule has 0 aliphatic heterocycles. The molecule has 59 heavy (non-hydrogen) atoms. The molecule has 0 radical (unpaired) electrons. The van der Waals surface area contributed by atoms with Gasteiger partial charge in [0.15, 0.2) is 0 Å². The zero-order chi connectivity index (χ0) is 43.3. The van der Waals surface area contributed by atoms with E-state index in [0.717, 1.165) is 129 Å². The molecule has 7 heteroatoms. The number of aliphatic hydroxyl groups excluding tert-OH is 2. The quantitative estimate of drug-likeness (QED) is 0.0465. The Balaban J connectivity index is 4.48. The summed E-state index contributed by atoms with van der Waals surface area (Å²) in [6.45, 7) is 11.8. The second kappa shape index (κ2) is 46.3. The molecule has 0 aromatic rings. The van der Waals surface area contributed by atoms with E-state index in [1.54, 1.807) is 0 Å². The number of hydrogen-bond acceptors (Lipinski definition) is 7. The Bertz CT molecular complexity index is 854. The van der Waals surface area contributed by atoms with Crippen LogP contribution in [0, 0.1) is 0 Å². The van der Waals surface area contributed by atoms with Crippen LogP contribution in [0.2, 0.25) is 0 Å². The molecule has 0 bridgehead atoms. The lowest BCUT2D eigenvalue weighted by molar-refractivity contribution is -0.151. The van der Waals surface area contributed by atoms with Crippen LogP contribution in [0.5, 0.6) is 0 Å². The molecule has 0 heterocycles. The molecule has 2 atom stereocenters. The zero-order valence-corrected chi connectivity index (χ0v) is 40.1. The SMILES string of the molecule is CCCCCCCCC(CCCCC)OC(=O)CCCCCC(O)CN(CCCCCO)CCCCCCCC(=O)OC(CCCCCCCC)CCCCCCCC. The highest BCUT2D eigenvalue weighted by Crippen LogP contribution is 2.20. The van der Waals surface area contributed by atoms with Crippen molar-refractivity contribution in [1.29, 1.82) is 0 Å². The number of unbranched alkanes of at least 4 members (excludes halogenated alkanes) is 25. The third kappa shape index (κ3) is 41.9. The maximum absolute atomic E-state index is 12.8. The Kier molecular flexibility index (Phi) is 45.4. The Morgan fingerprint density at radius 1 is 0.407 bits per heavy atom. The molecule has 2 unspecified atom stereocenters. The number of rotatable bonds is 48. The van der Waals surface area contributed by atoms with E-state index in [1.807, 2.05) is 0 Å². The fraction of sp³-hybridized carbons (Fsp3) is 0.962. The van der Waals surface area contributed by atoms with Crippen molar-refractivity contribution in [2.75, 3.05) is 26.2 Å². The van der Waals surface area contributed by atoms with Crippen molar-refractivity contribution in [2.45, 2.75) is 296 Å². The van der Waals surface area contributed by atoms with Crippen LogP contribution in [-0.4, -0.2) is 71.6 Å². The van der Waals surface area contributed by atoms with E-state index in [1.165, 1.54) is 122 Å². The van der Waals surface area contributed by atoms with Crippen molar-refractivity contribution < 1.29 is 29.3 Å². The van der Waals surface area contributed by atoms with Crippen LogP contribution in [0.1, 0.15) is 278 Å². The van der Waals surface area contributed by atoms with Gasteiger partial charge in [-0.05, 0) is 109 Å². The number of carbonyl (C=O) groups is 2. The molecule has 0 spiro atoms. The largest absolute Gasteiger partial charge is 0.462 e. The van der Waals surface area contributed by atoms with Gasteiger partial charge in [0.1, 0.15) is 12.2 Å². The second-order valence-corrected chi connectivity index (χ2v) is 18.2. The third-order valence-electron chi connectivity index (χ3n) is 12.2. The topological polar surface area (TPSA) is 96.3 Å². The van der Waals surface area contributed by atoms with Crippen molar-refractivity contribution >= 4 is 11.9 Å². The van der Waals surface area contributed by atoms with Gasteiger partial charge in [0.2, 0.25) is 0 Å². The lowest BCUT2D eigenvalue weighted by Gasteiger charge is -2.25. The summed E-state index contributed by atoms with van der Waals surface area (Å²) in [5.41, 5.74) is 0. The van der Waals surface area contributed by atoms with Crippen LogP contribution in [0.3, 0.4) is 0 Å². The van der Waals surface area contributed by atoms with Crippen molar-refractivity contribution in [3.63, 3.8) is 0 Å². The van der Waals surface area contributed by atoms with Crippen LogP contribution >= 0.6 is 0 Å². The van der Waals surface area contributed by atoms with Crippen LogP contribution in [-0.2, 0) is 19.1 Å². The smallest absolute Gasteiger partial charge is 0.306 e. The summed E-state index contributed by atoms with van der Waals surface area (Å²) in [7, 11) is 0. The summed E-state index contributed by atoms with van der Waals surface area (Å²) in [5.74, 6) is -0.0431. The van der Waals surface area contributed by atoms with Gasteiger partial charge in [-0.1, -0.05) is 169 Å². The fourth-order valence-corrected chi connectivity index (χ4v) is 8.36.